The van der Waals surface area contributed by atoms with Crippen molar-refractivity contribution in [1.82, 2.24) is 0 Å². The Kier molecular flexibility index (Phi) is 73.1. The highest BCUT2D eigenvalue weighted by Crippen LogP contribution is 2.45. The van der Waals surface area contributed by atoms with Gasteiger partial charge in [-0.15, -0.1) is 0 Å². The molecular weight excluding hydrogens is 1330 g/mol. The van der Waals surface area contributed by atoms with Gasteiger partial charge in [0.05, 0.1) is 26.4 Å². The van der Waals surface area contributed by atoms with Crippen molar-refractivity contribution in [2.75, 3.05) is 39.6 Å². The number of esters is 4. The number of aliphatic hydroxyl groups excluding tert-OH is 1. The van der Waals surface area contributed by atoms with Crippen LogP contribution in [0.15, 0.2) is 0 Å². The summed E-state index contributed by atoms with van der Waals surface area (Å²) in [4.78, 5) is 73.1. The third kappa shape index (κ3) is 74.9. The lowest BCUT2D eigenvalue weighted by Crippen LogP contribution is -2.30. The highest BCUT2D eigenvalue weighted by molar-refractivity contribution is 7.47. The van der Waals surface area contributed by atoms with Gasteiger partial charge >= 0.3 is 39.5 Å². The number of hydrogen-bond donors (Lipinski definition) is 3. The molecule has 0 aliphatic heterocycles. The van der Waals surface area contributed by atoms with Crippen LogP contribution in [0, 0.1) is 11.8 Å². The predicted octanol–water partition coefficient (Wildman–Crippen LogP) is 25.1. The van der Waals surface area contributed by atoms with Crippen LogP contribution in [0.5, 0.6) is 0 Å². The maximum atomic E-state index is 13.1. The molecule has 606 valence electrons. The maximum absolute atomic E-state index is 13.1. The molecule has 0 radical (unpaired) electrons. The predicted molar refractivity (Wildman–Crippen MR) is 418 cm³/mol. The van der Waals surface area contributed by atoms with E-state index >= 15 is 0 Å². The van der Waals surface area contributed by atoms with Gasteiger partial charge in [-0.1, -0.05) is 388 Å². The summed E-state index contributed by atoms with van der Waals surface area (Å²) in [7, 11) is -9.92. The standard InChI is InChI=1S/C83H162O17P2/c1-7-10-12-14-16-18-20-22-23-24-25-26-27-28-29-34-38-42-50-56-62-68-83(88)99-78(71-93-80(85)65-59-53-47-40-37-33-31-30-32-35-39-46-52-58-64-76(6)9-3)73-97-101(89,90)95-69-77(84)70-96-102(91,92)98-74-79(72-94-81(86)66-60-54-48-44-43-45-51-57-63-75(4)5)100-82(87)67-61-55-49-41-36-21-19-17-15-13-11-8-2/h75-79,84H,7-74H2,1-6H3,(H,89,90)(H,91,92)/t76?,77-,78-,79-/m1/s1. The van der Waals surface area contributed by atoms with Gasteiger partial charge in [-0.25, -0.2) is 9.13 Å². The molecule has 0 saturated heterocycles. The van der Waals surface area contributed by atoms with E-state index in [1.165, 1.54) is 257 Å². The van der Waals surface area contributed by atoms with Gasteiger partial charge < -0.3 is 33.8 Å². The number of phosphoric ester groups is 2. The zero-order valence-electron chi connectivity index (χ0n) is 66.9. The molecule has 0 aliphatic rings. The zero-order valence-corrected chi connectivity index (χ0v) is 68.7. The van der Waals surface area contributed by atoms with Gasteiger partial charge in [0.1, 0.15) is 19.3 Å². The SMILES string of the molecule is CCCCCCCCCCCCCCCCCCCCCCCC(=O)O[C@H](COC(=O)CCCCCCCCCCCCCCCCC(C)CC)COP(=O)(O)OC[C@@H](O)COP(=O)(O)OC[C@@H](COC(=O)CCCCCCCCCCC(C)C)OC(=O)CCCCCCCCCCCCCC. The van der Waals surface area contributed by atoms with E-state index in [-0.39, 0.29) is 25.7 Å². The first-order valence-electron chi connectivity index (χ1n) is 43.0. The fourth-order valence-electron chi connectivity index (χ4n) is 12.9. The first kappa shape index (κ1) is 100. The third-order valence-electron chi connectivity index (χ3n) is 19.8. The van der Waals surface area contributed by atoms with Gasteiger partial charge in [0, 0.05) is 25.7 Å². The van der Waals surface area contributed by atoms with Gasteiger partial charge in [-0.3, -0.25) is 37.3 Å². The lowest BCUT2D eigenvalue weighted by Gasteiger charge is -2.21. The average molecular weight is 1490 g/mol. The summed E-state index contributed by atoms with van der Waals surface area (Å²) in [5.74, 6) is -0.530. The second kappa shape index (κ2) is 74.5. The Labute approximate surface area is 626 Å². The summed E-state index contributed by atoms with van der Waals surface area (Å²) in [5, 5.41) is 10.6. The zero-order chi connectivity index (χ0) is 74.9. The molecule has 17 nitrogen and oxygen atoms in total. The van der Waals surface area contributed by atoms with Gasteiger partial charge in [0.2, 0.25) is 0 Å². The number of unbranched alkanes of at least 4 members (excludes halogenated alkanes) is 51. The summed E-state index contributed by atoms with van der Waals surface area (Å²) in [6.07, 6.45) is 65.2. The first-order valence-corrected chi connectivity index (χ1v) is 46.0. The second-order valence-electron chi connectivity index (χ2n) is 30.6. The fraction of sp³-hybridized carbons (Fsp3) is 0.952. The van der Waals surface area contributed by atoms with Crippen molar-refractivity contribution in [3.05, 3.63) is 0 Å². The molecule has 3 N–H and O–H groups in total. The van der Waals surface area contributed by atoms with Crippen molar-refractivity contribution in [2.45, 2.75) is 458 Å². The third-order valence-corrected chi connectivity index (χ3v) is 21.7. The first-order chi connectivity index (χ1) is 49.4. The molecule has 0 aromatic heterocycles. The minimum absolute atomic E-state index is 0.107. The van der Waals surface area contributed by atoms with Crippen LogP contribution >= 0.6 is 15.6 Å². The quantitative estimate of drug-likeness (QED) is 0.0222. The van der Waals surface area contributed by atoms with E-state index in [1.54, 1.807) is 0 Å². The number of rotatable bonds is 82. The van der Waals surface area contributed by atoms with E-state index in [9.17, 15) is 43.2 Å². The minimum Gasteiger partial charge on any atom is -0.462 e. The number of phosphoric acid groups is 2. The highest BCUT2D eigenvalue weighted by Gasteiger charge is 2.30. The summed E-state index contributed by atoms with van der Waals surface area (Å²) in [6.45, 7) is 9.66. The summed E-state index contributed by atoms with van der Waals surface area (Å²) in [6, 6.07) is 0. The van der Waals surface area contributed by atoms with E-state index in [4.69, 9.17) is 37.0 Å². The Bertz CT molecular complexity index is 1960. The maximum Gasteiger partial charge on any atom is 0.472 e. The molecular formula is C83H162O17P2. The van der Waals surface area contributed by atoms with E-state index in [0.29, 0.717) is 25.7 Å². The van der Waals surface area contributed by atoms with E-state index in [1.807, 2.05) is 0 Å². The van der Waals surface area contributed by atoms with Crippen LogP contribution in [0.3, 0.4) is 0 Å². The number of aliphatic hydroxyl groups is 1. The molecule has 0 rings (SSSR count). The topological polar surface area (TPSA) is 237 Å². The summed E-state index contributed by atoms with van der Waals surface area (Å²) >= 11 is 0. The Hall–Kier alpha value is -1.94. The molecule has 102 heavy (non-hydrogen) atoms. The Morgan fingerprint density at radius 1 is 0.284 bits per heavy atom. The van der Waals surface area contributed by atoms with Crippen molar-refractivity contribution in [2.24, 2.45) is 11.8 Å². The largest absolute Gasteiger partial charge is 0.472 e. The smallest absolute Gasteiger partial charge is 0.462 e. The molecule has 0 saturated carbocycles. The highest BCUT2D eigenvalue weighted by atomic mass is 31.2. The van der Waals surface area contributed by atoms with Crippen LogP contribution in [-0.2, 0) is 65.4 Å². The molecule has 3 unspecified atom stereocenters. The van der Waals surface area contributed by atoms with E-state index in [0.717, 1.165) is 102 Å². The number of hydrogen-bond acceptors (Lipinski definition) is 15. The molecule has 19 heteroatoms. The summed E-state index contributed by atoms with van der Waals surface area (Å²) in [5.41, 5.74) is 0. The molecule has 0 heterocycles. The molecule has 0 spiro atoms. The van der Waals surface area contributed by atoms with Gasteiger partial charge in [-0.2, -0.15) is 0 Å². The lowest BCUT2D eigenvalue weighted by atomic mass is 9.99. The van der Waals surface area contributed by atoms with Crippen molar-refractivity contribution < 1.29 is 80.2 Å². The van der Waals surface area contributed by atoms with Crippen molar-refractivity contribution in [3.8, 4) is 0 Å². The van der Waals surface area contributed by atoms with E-state index < -0.39 is 97.5 Å². The van der Waals surface area contributed by atoms with Crippen LogP contribution < -0.4 is 0 Å². The average Bonchev–Trinajstić information content (AvgIpc) is 0.942. The molecule has 0 bridgehead atoms. The molecule has 0 amide bonds. The molecule has 0 aromatic carbocycles. The van der Waals surface area contributed by atoms with Crippen molar-refractivity contribution in [1.29, 1.82) is 0 Å². The van der Waals surface area contributed by atoms with Gasteiger partial charge in [0.15, 0.2) is 12.2 Å². The number of carbonyl (C=O) groups excluding carboxylic acids is 4. The van der Waals surface area contributed by atoms with Crippen LogP contribution in [0.4, 0.5) is 0 Å². The van der Waals surface area contributed by atoms with Crippen LogP contribution in [0.2, 0.25) is 0 Å². The minimum atomic E-state index is -4.96. The lowest BCUT2D eigenvalue weighted by molar-refractivity contribution is -0.161. The Balaban J connectivity index is 5.22. The molecule has 6 atom stereocenters. The fourth-order valence-corrected chi connectivity index (χ4v) is 14.4. The second-order valence-corrected chi connectivity index (χ2v) is 33.5. The van der Waals surface area contributed by atoms with E-state index in [2.05, 4.69) is 41.5 Å². The monoisotopic (exact) mass is 1490 g/mol. The number of ether oxygens (including phenoxy) is 4. The van der Waals surface area contributed by atoms with Crippen molar-refractivity contribution >= 4 is 39.5 Å². The van der Waals surface area contributed by atoms with Crippen LogP contribution in [0.25, 0.3) is 0 Å². The Morgan fingerprint density at radius 2 is 0.500 bits per heavy atom. The Morgan fingerprint density at radius 3 is 0.745 bits per heavy atom. The van der Waals surface area contributed by atoms with Crippen LogP contribution in [0.1, 0.15) is 440 Å². The molecule has 0 aromatic rings. The number of carbonyl (C=O) groups is 4. The normalized spacial score (nSPS) is 14.1. The van der Waals surface area contributed by atoms with Gasteiger partial charge in [-0.05, 0) is 37.5 Å². The van der Waals surface area contributed by atoms with Gasteiger partial charge in [0.25, 0.3) is 0 Å². The van der Waals surface area contributed by atoms with Crippen molar-refractivity contribution in [3.63, 3.8) is 0 Å². The molecule has 0 aliphatic carbocycles. The van der Waals surface area contributed by atoms with Crippen LogP contribution in [-0.4, -0.2) is 96.7 Å². The molecule has 0 fully saturated rings. The summed E-state index contributed by atoms with van der Waals surface area (Å²) < 4.78 is 68.8.